The molecule has 0 aliphatic rings. The second-order valence-electron chi connectivity index (χ2n) is 12.2. The molecule has 0 aliphatic heterocycles. The lowest BCUT2D eigenvalue weighted by Crippen LogP contribution is -2.54. The van der Waals surface area contributed by atoms with Gasteiger partial charge in [0.1, 0.15) is 5.60 Å². The number of carbonyl (C=O) groups is 2. The molecule has 3 N–H and O–H groups in total. The summed E-state index contributed by atoms with van der Waals surface area (Å²) in [5, 5.41) is 23.0. The number of aliphatic hydroxyl groups is 1. The number of hydrogen-bond donors (Lipinski definition) is 3. The van der Waals surface area contributed by atoms with Gasteiger partial charge in [-0.3, -0.25) is 0 Å². The molecule has 4 atom stereocenters. The van der Waals surface area contributed by atoms with Crippen LogP contribution in [0.3, 0.4) is 0 Å². The first-order chi connectivity index (χ1) is 17.5. The van der Waals surface area contributed by atoms with Crippen molar-refractivity contribution in [3.05, 3.63) is 35.9 Å². The number of rotatable bonds is 15. The van der Waals surface area contributed by atoms with E-state index in [1.807, 2.05) is 30.3 Å². The van der Waals surface area contributed by atoms with E-state index in [-0.39, 0.29) is 19.1 Å². The minimum atomic E-state index is -2.34. The van der Waals surface area contributed by atoms with Crippen LogP contribution < -0.4 is 5.32 Å². The molecule has 4 unspecified atom stereocenters. The van der Waals surface area contributed by atoms with Crippen molar-refractivity contribution in [2.24, 2.45) is 5.92 Å². The Hall–Kier alpha value is -1.94. The van der Waals surface area contributed by atoms with E-state index in [2.05, 4.69) is 46.9 Å². The molecular weight excluding hydrogens is 502 g/mol. The number of hydrogen-bond acceptors (Lipinski definition) is 6. The van der Waals surface area contributed by atoms with Crippen molar-refractivity contribution in [2.45, 2.75) is 116 Å². The molecule has 1 amide bonds. The molecule has 0 bridgehead atoms. The van der Waals surface area contributed by atoms with Gasteiger partial charge in [0.2, 0.25) is 8.32 Å². The Morgan fingerprint density at radius 1 is 0.921 bits per heavy atom. The molecule has 0 spiro atoms. The number of carbonyl (C=O) groups excluding carboxylic acids is 1. The minimum absolute atomic E-state index is 0.156. The average molecular weight is 554 g/mol. The van der Waals surface area contributed by atoms with E-state index in [0.717, 1.165) is 5.56 Å². The van der Waals surface area contributed by atoms with Gasteiger partial charge in [-0.2, -0.15) is 0 Å². The molecular formula is C29H51NO7Si. The number of carboxylic acid groups (broad SMARTS) is 1. The van der Waals surface area contributed by atoms with Crippen LogP contribution in [0.1, 0.15) is 74.8 Å². The van der Waals surface area contributed by atoms with Crippen molar-refractivity contribution in [2.75, 3.05) is 13.2 Å². The van der Waals surface area contributed by atoms with Gasteiger partial charge in [-0.15, -0.1) is 0 Å². The maximum absolute atomic E-state index is 12.2. The van der Waals surface area contributed by atoms with Crippen LogP contribution >= 0.6 is 0 Å². The topological polar surface area (TPSA) is 114 Å². The number of alkyl carbamates (subject to hydrolysis) is 1. The molecule has 0 heterocycles. The molecule has 9 heteroatoms. The number of nitrogens with one attached hydrogen (secondary N) is 1. The number of benzene rings is 1. The maximum Gasteiger partial charge on any atom is 0.408 e. The fourth-order valence-corrected chi connectivity index (χ4v) is 11.1. The Morgan fingerprint density at radius 3 is 1.87 bits per heavy atom. The fraction of sp³-hybridized carbons (Fsp3) is 0.724. The Bertz CT molecular complexity index is 830. The van der Waals surface area contributed by atoms with Crippen LogP contribution in [0, 0.1) is 5.92 Å². The average Bonchev–Trinajstić information content (AvgIpc) is 2.76. The molecule has 1 aromatic carbocycles. The normalized spacial score (nSPS) is 15.8. The van der Waals surface area contributed by atoms with Crippen LogP contribution in [0.2, 0.25) is 16.6 Å². The number of ether oxygens (including phenoxy) is 2. The second-order valence-corrected chi connectivity index (χ2v) is 17.6. The number of aliphatic hydroxyl groups excluding tert-OH is 1. The molecule has 1 rings (SSSR count). The molecule has 38 heavy (non-hydrogen) atoms. The molecule has 0 aromatic heterocycles. The van der Waals surface area contributed by atoms with E-state index < -0.39 is 44.2 Å². The molecule has 0 radical (unpaired) electrons. The van der Waals surface area contributed by atoms with Gasteiger partial charge >= 0.3 is 12.1 Å². The zero-order valence-corrected chi connectivity index (χ0v) is 26.0. The summed E-state index contributed by atoms with van der Waals surface area (Å²) in [6.07, 6.45) is -1.49. The highest BCUT2D eigenvalue weighted by Crippen LogP contribution is 2.44. The second kappa shape index (κ2) is 15.0. The van der Waals surface area contributed by atoms with Gasteiger partial charge in [-0.1, -0.05) is 71.9 Å². The smallest absolute Gasteiger partial charge is 0.408 e. The van der Waals surface area contributed by atoms with Crippen LogP contribution in [0.25, 0.3) is 0 Å². The third kappa shape index (κ3) is 10.3. The predicted octanol–water partition coefficient (Wildman–Crippen LogP) is 5.78. The van der Waals surface area contributed by atoms with Crippen LogP contribution in [0.15, 0.2) is 30.3 Å². The quantitative estimate of drug-likeness (QED) is 0.236. The number of aliphatic carboxylic acids is 1. The molecule has 0 saturated carbocycles. The van der Waals surface area contributed by atoms with Crippen molar-refractivity contribution >= 4 is 20.4 Å². The first-order valence-corrected chi connectivity index (χ1v) is 15.8. The van der Waals surface area contributed by atoms with Crippen molar-refractivity contribution in [3.63, 3.8) is 0 Å². The summed E-state index contributed by atoms with van der Waals surface area (Å²) in [5.74, 6) is -1.46. The van der Waals surface area contributed by atoms with E-state index >= 15 is 0 Å². The number of carboxylic acids is 1. The fourth-order valence-electron chi connectivity index (χ4n) is 5.38. The Labute approximate surface area is 230 Å². The highest BCUT2D eigenvalue weighted by molar-refractivity contribution is 6.77. The van der Waals surface area contributed by atoms with Gasteiger partial charge in [0, 0.05) is 5.92 Å². The lowest BCUT2D eigenvalue weighted by Gasteiger charge is -2.47. The lowest BCUT2D eigenvalue weighted by atomic mass is 9.92. The van der Waals surface area contributed by atoms with Crippen LogP contribution in [-0.2, 0) is 25.1 Å². The van der Waals surface area contributed by atoms with Crippen molar-refractivity contribution in [1.82, 2.24) is 5.32 Å². The molecule has 1 aromatic rings. The predicted molar refractivity (Wildman–Crippen MR) is 153 cm³/mol. The molecule has 8 nitrogen and oxygen atoms in total. The van der Waals surface area contributed by atoms with Crippen molar-refractivity contribution in [3.8, 4) is 0 Å². The van der Waals surface area contributed by atoms with Gasteiger partial charge in [-0.05, 0) is 56.3 Å². The number of amides is 1. The zero-order valence-electron chi connectivity index (χ0n) is 25.0. The summed E-state index contributed by atoms with van der Waals surface area (Å²) in [6, 6.07) is 8.65. The van der Waals surface area contributed by atoms with E-state index in [1.54, 1.807) is 27.7 Å². The summed E-state index contributed by atoms with van der Waals surface area (Å²) in [4.78, 5) is 24.0. The molecule has 0 aliphatic carbocycles. The first kappa shape index (κ1) is 34.1. The van der Waals surface area contributed by atoms with Gasteiger partial charge < -0.3 is 29.4 Å². The minimum Gasteiger partial charge on any atom is -0.480 e. The van der Waals surface area contributed by atoms with E-state index in [1.165, 1.54) is 0 Å². The van der Waals surface area contributed by atoms with Gasteiger partial charge in [0.15, 0.2) is 6.04 Å². The summed E-state index contributed by atoms with van der Waals surface area (Å²) in [7, 11) is -2.34. The zero-order chi connectivity index (χ0) is 29.3. The monoisotopic (exact) mass is 553 g/mol. The SMILES string of the molecule is CC(O)C(O[Si](C(C)C)(C(C)C)C(C)C)C(COCC(NC(=O)OC(C)(C)C)C(=O)O)Cc1ccccc1. The Balaban J connectivity index is 3.20. The van der Waals surface area contributed by atoms with E-state index in [0.29, 0.717) is 23.0 Å². The highest BCUT2D eigenvalue weighted by Gasteiger charge is 2.48. The highest BCUT2D eigenvalue weighted by atomic mass is 28.4. The summed E-state index contributed by atoms with van der Waals surface area (Å²) in [6.45, 7) is 20.0. The van der Waals surface area contributed by atoms with E-state index in [4.69, 9.17) is 13.9 Å². The Kier molecular flexibility index (Phi) is 13.5. The molecule has 218 valence electrons. The summed E-state index contributed by atoms with van der Waals surface area (Å²) in [5.41, 5.74) is 1.31. The van der Waals surface area contributed by atoms with E-state index in [9.17, 15) is 19.8 Å². The molecule has 0 fully saturated rings. The lowest BCUT2D eigenvalue weighted by molar-refractivity contribution is -0.141. The van der Waals surface area contributed by atoms with Gasteiger partial charge in [0.25, 0.3) is 0 Å². The van der Waals surface area contributed by atoms with Crippen molar-refractivity contribution in [1.29, 1.82) is 0 Å². The van der Waals surface area contributed by atoms with Crippen LogP contribution in [-0.4, -0.2) is 67.7 Å². The summed E-state index contributed by atoms with van der Waals surface area (Å²) >= 11 is 0. The summed E-state index contributed by atoms with van der Waals surface area (Å²) < 4.78 is 18.2. The largest absolute Gasteiger partial charge is 0.480 e. The standard InChI is InChI=1S/C29H51NO7Si/c1-19(2)38(20(3)4,21(5)6)37-26(22(7)31)24(16-23-14-12-11-13-15-23)17-35-18-25(27(32)33)30-28(34)36-29(8,9)10/h11-15,19-22,24-26,31H,16-18H2,1-10H3,(H,30,34)(H,32,33). The van der Waals surface area contributed by atoms with Gasteiger partial charge in [0.05, 0.1) is 25.4 Å². The van der Waals surface area contributed by atoms with Crippen LogP contribution in [0.4, 0.5) is 4.79 Å². The third-order valence-corrected chi connectivity index (χ3v) is 13.0. The van der Waals surface area contributed by atoms with Crippen LogP contribution in [0.5, 0.6) is 0 Å². The first-order valence-electron chi connectivity index (χ1n) is 13.7. The maximum atomic E-state index is 12.2. The molecule has 0 saturated heterocycles. The Morgan fingerprint density at radius 2 is 1.45 bits per heavy atom. The van der Waals surface area contributed by atoms with Crippen molar-refractivity contribution < 1.29 is 33.7 Å². The van der Waals surface area contributed by atoms with Gasteiger partial charge in [-0.25, -0.2) is 9.59 Å². The third-order valence-electron chi connectivity index (χ3n) is 6.93.